The molecule has 0 spiro atoms. The number of carbonyl (C=O) groups excluding carboxylic acids is 2. The van der Waals surface area contributed by atoms with Gasteiger partial charge in [-0.25, -0.2) is 0 Å². The number of methoxy groups -OCH3 is 1. The standard InChI is InChI=1S/C12H17N3O3S/c1-18-9-6-10(19-8-9)12(17)14-7-11(16)15-4-2-13-3-5-15/h6,8,13H,2-5,7H2,1H3,(H,14,17). The Bertz CT molecular complexity index is 455. The monoisotopic (exact) mass is 283 g/mol. The average Bonchev–Trinajstić information content (AvgIpc) is 2.94. The van der Waals surface area contributed by atoms with Crippen LogP contribution in [0.5, 0.6) is 5.75 Å². The molecule has 2 N–H and O–H groups in total. The van der Waals surface area contributed by atoms with E-state index in [0.29, 0.717) is 23.7 Å². The Labute approximate surface area is 115 Å². The van der Waals surface area contributed by atoms with Crippen molar-refractivity contribution in [1.82, 2.24) is 15.5 Å². The van der Waals surface area contributed by atoms with E-state index < -0.39 is 0 Å². The van der Waals surface area contributed by atoms with Crippen LogP contribution in [-0.4, -0.2) is 56.5 Å². The van der Waals surface area contributed by atoms with Crippen molar-refractivity contribution in [3.63, 3.8) is 0 Å². The first-order valence-corrected chi connectivity index (χ1v) is 6.98. The first kappa shape index (κ1) is 13.8. The van der Waals surface area contributed by atoms with Gasteiger partial charge < -0.3 is 20.3 Å². The van der Waals surface area contributed by atoms with Gasteiger partial charge >= 0.3 is 0 Å². The van der Waals surface area contributed by atoms with Crippen molar-refractivity contribution < 1.29 is 14.3 Å². The fourth-order valence-corrected chi connectivity index (χ4v) is 2.58. The van der Waals surface area contributed by atoms with Crippen LogP contribution in [0.25, 0.3) is 0 Å². The van der Waals surface area contributed by atoms with Gasteiger partial charge in [-0.05, 0) is 0 Å². The van der Waals surface area contributed by atoms with Crippen LogP contribution in [0.3, 0.4) is 0 Å². The lowest BCUT2D eigenvalue weighted by atomic mass is 10.3. The van der Waals surface area contributed by atoms with E-state index >= 15 is 0 Å². The van der Waals surface area contributed by atoms with Crippen LogP contribution in [0.4, 0.5) is 0 Å². The molecular formula is C12H17N3O3S. The molecule has 1 aliphatic rings. The zero-order valence-electron chi connectivity index (χ0n) is 10.8. The fourth-order valence-electron chi connectivity index (χ4n) is 1.81. The van der Waals surface area contributed by atoms with Crippen LogP contribution < -0.4 is 15.4 Å². The first-order chi connectivity index (χ1) is 9.20. The molecule has 0 bridgehead atoms. The minimum atomic E-state index is -0.239. The number of hydrogen-bond acceptors (Lipinski definition) is 5. The van der Waals surface area contributed by atoms with Crippen LogP contribution in [0.2, 0.25) is 0 Å². The van der Waals surface area contributed by atoms with E-state index in [4.69, 9.17) is 4.74 Å². The van der Waals surface area contributed by atoms with Gasteiger partial charge in [0, 0.05) is 37.6 Å². The highest BCUT2D eigenvalue weighted by atomic mass is 32.1. The number of amides is 2. The van der Waals surface area contributed by atoms with E-state index in [2.05, 4.69) is 10.6 Å². The molecule has 6 nitrogen and oxygen atoms in total. The molecule has 2 rings (SSSR count). The van der Waals surface area contributed by atoms with Gasteiger partial charge in [0.1, 0.15) is 5.75 Å². The number of rotatable bonds is 4. The SMILES string of the molecule is COc1csc(C(=O)NCC(=O)N2CCNCC2)c1. The lowest BCUT2D eigenvalue weighted by Gasteiger charge is -2.27. The predicted octanol–water partition coefficient (Wildman–Crippen LogP) is -0.0817. The number of carbonyl (C=O) groups is 2. The highest BCUT2D eigenvalue weighted by molar-refractivity contribution is 7.12. The van der Waals surface area contributed by atoms with Crippen molar-refractivity contribution in [3.8, 4) is 5.75 Å². The van der Waals surface area contributed by atoms with Gasteiger partial charge in [0.05, 0.1) is 18.5 Å². The topological polar surface area (TPSA) is 70.7 Å². The van der Waals surface area contributed by atoms with Gasteiger partial charge in [-0.1, -0.05) is 0 Å². The first-order valence-electron chi connectivity index (χ1n) is 6.10. The van der Waals surface area contributed by atoms with E-state index in [9.17, 15) is 9.59 Å². The maximum absolute atomic E-state index is 11.9. The largest absolute Gasteiger partial charge is 0.496 e. The second-order valence-electron chi connectivity index (χ2n) is 4.16. The smallest absolute Gasteiger partial charge is 0.261 e. The van der Waals surface area contributed by atoms with Crippen molar-refractivity contribution in [2.24, 2.45) is 0 Å². The second kappa shape index (κ2) is 6.53. The summed E-state index contributed by atoms with van der Waals surface area (Å²) in [5.74, 6) is 0.374. The van der Waals surface area contributed by atoms with E-state index in [1.165, 1.54) is 11.3 Å². The normalized spacial score (nSPS) is 15.1. The summed E-state index contributed by atoms with van der Waals surface area (Å²) in [5, 5.41) is 7.57. The molecule has 0 aromatic carbocycles. The second-order valence-corrected chi connectivity index (χ2v) is 5.08. The van der Waals surface area contributed by atoms with E-state index in [0.717, 1.165) is 13.1 Å². The summed E-state index contributed by atoms with van der Waals surface area (Å²) < 4.78 is 5.01. The minimum absolute atomic E-state index is 0.0407. The van der Waals surface area contributed by atoms with Crippen molar-refractivity contribution in [2.45, 2.75) is 0 Å². The van der Waals surface area contributed by atoms with E-state index in [1.54, 1.807) is 23.5 Å². The molecule has 1 aliphatic heterocycles. The van der Waals surface area contributed by atoms with E-state index in [1.807, 2.05) is 0 Å². The van der Waals surface area contributed by atoms with Crippen molar-refractivity contribution in [3.05, 3.63) is 16.3 Å². The summed E-state index contributed by atoms with van der Waals surface area (Å²) in [6.45, 7) is 3.05. The molecule has 2 heterocycles. The zero-order valence-corrected chi connectivity index (χ0v) is 11.6. The van der Waals surface area contributed by atoms with Gasteiger partial charge in [-0.2, -0.15) is 0 Å². The number of nitrogens with one attached hydrogen (secondary N) is 2. The Hall–Kier alpha value is -1.60. The van der Waals surface area contributed by atoms with Crippen LogP contribution in [-0.2, 0) is 4.79 Å². The molecular weight excluding hydrogens is 266 g/mol. The zero-order chi connectivity index (χ0) is 13.7. The highest BCUT2D eigenvalue weighted by Gasteiger charge is 2.17. The molecule has 0 atom stereocenters. The number of hydrogen-bond donors (Lipinski definition) is 2. The van der Waals surface area contributed by atoms with Gasteiger partial charge in [0.2, 0.25) is 5.91 Å². The van der Waals surface area contributed by atoms with Crippen LogP contribution in [0, 0.1) is 0 Å². The Morgan fingerprint density at radius 2 is 2.21 bits per heavy atom. The fraction of sp³-hybridized carbons (Fsp3) is 0.500. The third-order valence-corrected chi connectivity index (χ3v) is 3.81. The summed E-state index contributed by atoms with van der Waals surface area (Å²) in [6, 6.07) is 1.66. The predicted molar refractivity (Wildman–Crippen MR) is 72.7 cm³/mol. The van der Waals surface area contributed by atoms with Crippen molar-refractivity contribution in [2.75, 3.05) is 39.8 Å². The Balaban J connectivity index is 1.80. The van der Waals surface area contributed by atoms with Gasteiger partial charge in [-0.3, -0.25) is 9.59 Å². The van der Waals surface area contributed by atoms with Crippen molar-refractivity contribution >= 4 is 23.2 Å². The van der Waals surface area contributed by atoms with Gasteiger partial charge in [0.25, 0.3) is 5.91 Å². The van der Waals surface area contributed by atoms with Crippen molar-refractivity contribution in [1.29, 1.82) is 0 Å². The highest BCUT2D eigenvalue weighted by Crippen LogP contribution is 2.20. The molecule has 1 saturated heterocycles. The molecule has 0 aliphatic carbocycles. The summed E-state index contributed by atoms with van der Waals surface area (Å²) >= 11 is 1.30. The molecule has 19 heavy (non-hydrogen) atoms. The third-order valence-electron chi connectivity index (χ3n) is 2.90. The van der Waals surface area contributed by atoms with E-state index in [-0.39, 0.29) is 18.4 Å². The lowest BCUT2D eigenvalue weighted by molar-refractivity contribution is -0.130. The quantitative estimate of drug-likeness (QED) is 0.811. The number of piperazine rings is 1. The number of nitrogens with zero attached hydrogens (tertiary/aromatic N) is 1. The molecule has 0 saturated carbocycles. The third kappa shape index (κ3) is 3.68. The number of thiophene rings is 1. The number of ether oxygens (including phenoxy) is 1. The summed E-state index contributed by atoms with van der Waals surface area (Å²) in [7, 11) is 1.55. The summed E-state index contributed by atoms with van der Waals surface area (Å²) in [4.78, 5) is 26.0. The molecule has 104 valence electrons. The van der Waals surface area contributed by atoms with Crippen LogP contribution in [0.1, 0.15) is 9.67 Å². The molecule has 1 aromatic rings. The molecule has 0 unspecified atom stereocenters. The maximum atomic E-state index is 11.9. The lowest BCUT2D eigenvalue weighted by Crippen LogP contribution is -2.49. The average molecular weight is 283 g/mol. The summed E-state index contributed by atoms with van der Waals surface area (Å²) in [6.07, 6.45) is 0. The molecule has 7 heteroatoms. The Morgan fingerprint density at radius 3 is 2.84 bits per heavy atom. The maximum Gasteiger partial charge on any atom is 0.261 e. The Morgan fingerprint density at radius 1 is 1.47 bits per heavy atom. The molecule has 1 fully saturated rings. The van der Waals surface area contributed by atoms with Crippen LogP contribution in [0.15, 0.2) is 11.4 Å². The minimum Gasteiger partial charge on any atom is -0.496 e. The molecule has 0 radical (unpaired) electrons. The summed E-state index contributed by atoms with van der Waals surface area (Å²) in [5.41, 5.74) is 0. The van der Waals surface area contributed by atoms with Crippen LogP contribution >= 0.6 is 11.3 Å². The molecule has 2 amide bonds. The van der Waals surface area contributed by atoms with Gasteiger partial charge in [0.15, 0.2) is 0 Å². The molecule has 1 aromatic heterocycles. The van der Waals surface area contributed by atoms with Gasteiger partial charge in [-0.15, -0.1) is 11.3 Å². The Kier molecular flexibility index (Phi) is 4.75.